The maximum Gasteiger partial charge on any atom is 0.344 e. The predicted molar refractivity (Wildman–Crippen MR) is 109 cm³/mol. The van der Waals surface area contributed by atoms with Crippen molar-refractivity contribution in [1.82, 2.24) is 20.7 Å². The molecule has 0 aliphatic carbocycles. The van der Waals surface area contributed by atoms with E-state index in [0.29, 0.717) is 18.4 Å². The summed E-state index contributed by atoms with van der Waals surface area (Å²) in [6.45, 7) is 1.76. The summed E-state index contributed by atoms with van der Waals surface area (Å²) in [6.07, 6.45) is 1.01. The SMILES string of the molecule is CN(CC(=O)NN1C(=O)NC(C)(CCc2ccccc2)C1=O)Cc1ccccc1F. The number of aryl methyl sites for hydroxylation is 1. The van der Waals surface area contributed by atoms with Crippen LogP contribution in [-0.4, -0.2) is 46.9 Å². The molecule has 3 rings (SSSR count). The Morgan fingerprint density at radius 2 is 1.80 bits per heavy atom. The summed E-state index contributed by atoms with van der Waals surface area (Å²) in [5, 5.41) is 3.39. The topological polar surface area (TPSA) is 81.8 Å². The quantitative estimate of drug-likeness (QED) is 0.652. The largest absolute Gasteiger partial charge is 0.344 e. The van der Waals surface area contributed by atoms with Crippen LogP contribution in [0.5, 0.6) is 0 Å². The average molecular weight is 412 g/mol. The average Bonchev–Trinajstić information content (AvgIpc) is 2.92. The zero-order valence-electron chi connectivity index (χ0n) is 17.0. The van der Waals surface area contributed by atoms with E-state index in [1.807, 2.05) is 30.3 Å². The number of benzene rings is 2. The van der Waals surface area contributed by atoms with Crippen molar-refractivity contribution in [3.63, 3.8) is 0 Å². The molecule has 1 heterocycles. The van der Waals surface area contributed by atoms with Crippen LogP contribution in [0.4, 0.5) is 9.18 Å². The van der Waals surface area contributed by atoms with Crippen LogP contribution in [0, 0.1) is 5.82 Å². The van der Waals surface area contributed by atoms with E-state index >= 15 is 0 Å². The van der Waals surface area contributed by atoms with Crippen LogP contribution >= 0.6 is 0 Å². The molecule has 1 unspecified atom stereocenters. The fourth-order valence-electron chi connectivity index (χ4n) is 3.37. The van der Waals surface area contributed by atoms with Gasteiger partial charge in [-0.25, -0.2) is 9.18 Å². The number of amides is 4. The van der Waals surface area contributed by atoms with Gasteiger partial charge >= 0.3 is 6.03 Å². The van der Waals surface area contributed by atoms with E-state index in [1.165, 1.54) is 6.07 Å². The third kappa shape index (κ3) is 5.01. The molecule has 0 radical (unpaired) electrons. The minimum absolute atomic E-state index is 0.105. The lowest BCUT2D eigenvalue weighted by atomic mass is 9.93. The number of rotatable bonds is 8. The second-order valence-electron chi connectivity index (χ2n) is 7.69. The summed E-state index contributed by atoms with van der Waals surface area (Å²) >= 11 is 0. The van der Waals surface area contributed by atoms with E-state index in [-0.39, 0.29) is 18.9 Å². The van der Waals surface area contributed by atoms with Crippen LogP contribution in [0.1, 0.15) is 24.5 Å². The van der Waals surface area contributed by atoms with Crippen molar-refractivity contribution >= 4 is 17.8 Å². The number of hydrogen-bond acceptors (Lipinski definition) is 4. The molecule has 0 aromatic heterocycles. The smallest absolute Gasteiger partial charge is 0.322 e. The first kappa shape index (κ1) is 21.4. The molecule has 30 heavy (non-hydrogen) atoms. The van der Waals surface area contributed by atoms with Crippen molar-refractivity contribution < 1.29 is 18.8 Å². The second-order valence-corrected chi connectivity index (χ2v) is 7.69. The fourth-order valence-corrected chi connectivity index (χ4v) is 3.37. The molecule has 158 valence electrons. The Bertz CT molecular complexity index is 937. The molecule has 0 bridgehead atoms. The van der Waals surface area contributed by atoms with Crippen molar-refractivity contribution in [3.8, 4) is 0 Å². The number of likely N-dealkylation sites (N-methyl/N-ethyl adjacent to an activating group) is 1. The standard InChI is InChI=1S/C22H25FN4O3/c1-22(13-12-16-8-4-3-5-9-16)20(29)27(21(30)24-22)25-19(28)15-26(2)14-17-10-6-7-11-18(17)23/h3-11H,12-15H2,1-2H3,(H,24,30)(H,25,28). The Kier molecular flexibility index (Phi) is 6.47. The Morgan fingerprint density at radius 3 is 2.50 bits per heavy atom. The van der Waals surface area contributed by atoms with Crippen molar-refractivity contribution in [1.29, 1.82) is 0 Å². The molecule has 8 heteroatoms. The summed E-state index contributed by atoms with van der Waals surface area (Å²) < 4.78 is 13.8. The van der Waals surface area contributed by atoms with Crippen molar-refractivity contribution in [2.75, 3.05) is 13.6 Å². The number of halogens is 1. The van der Waals surface area contributed by atoms with E-state index in [2.05, 4.69) is 10.7 Å². The number of hydrogen-bond donors (Lipinski definition) is 2. The summed E-state index contributed by atoms with van der Waals surface area (Å²) in [7, 11) is 1.65. The van der Waals surface area contributed by atoms with Gasteiger partial charge in [-0.2, -0.15) is 5.01 Å². The Morgan fingerprint density at radius 1 is 1.13 bits per heavy atom. The zero-order chi connectivity index (χ0) is 21.7. The van der Waals surface area contributed by atoms with Crippen LogP contribution in [0.25, 0.3) is 0 Å². The number of carbonyl (C=O) groups is 3. The molecule has 2 N–H and O–H groups in total. The van der Waals surface area contributed by atoms with E-state index in [9.17, 15) is 18.8 Å². The second kappa shape index (κ2) is 9.04. The van der Waals surface area contributed by atoms with E-state index in [1.54, 1.807) is 37.1 Å². The van der Waals surface area contributed by atoms with Crippen molar-refractivity contribution in [2.24, 2.45) is 0 Å². The number of carbonyl (C=O) groups excluding carboxylic acids is 3. The lowest BCUT2D eigenvalue weighted by Crippen LogP contribution is -2.51. The summed E-state index contributed by atoms with van der Waals surface area (Å²) in [5.41, 5.74) is 2.77. The van der Waals surface area contributed by atoms with Crippen LogP contribution in [0.2, 0.25) is 0 Å². The summed E-state index contributed by atoms with van der Waals surface area (Å²) in [4.78, 5) is 39.0. The van der Waals surface area contributed by atoms with Gasteiger partial charge in [0.2, 0.25) is 0 Å². The first-order valence-corrected chi connectivity index (χ1v) is 9.70. The Hall–Kier alpha value is -3.26. The number of urea groups is 1. The highest BCUT2D eigenvalue weighted by molar-refractivity contribution is 6.07. The molecule has 4 amide bonds. The highest BCUT2D eigenvalue weighted by Gasteiger charge is 2.48. The molecule has 0 saturated carbocycles. The summed E-state index contributed by atoms with van der Waals surface area (Å²) in [6, 6.07) is 15.3. The number of nitrogens with zero attached hydrogens (tertiary/aromatic N) is 2. The van der Waals surface area contributed by atoms with Gasteiger partial charge in [-0.15, -0.1) is 0 Å². The Labute approximate surface area is 174 Å². The van der Waals surface area contributed by atoms with Gasteiger partial charge in [0, 0.05) is 12.1 Å². The third-order valence-electron chi connectivity index (χ3n) is 5.07. The maximum atomic E-state index is 13.8. The minimum Gasteiger partial charge on any atom is -0.322 e. The van der Waals surface area contributed by atoms with Gasteiger partial charge < -0.3 is 5.32 Å². The van der Waals surface area contributed by atoms with Crippen LogP contribution < -0.4 is 10.7 Å². The van der Waals surface area contributed by atoms with E-state index < -0.39 is 23.4 Å². The number of imide groups is 1. The Balaban J connectivity index is 1.55. The molecule has 1 atom stereocenters. The molecule has 1 saturated heterocycles. The fraction of sp³-hybridized carbons (Fsp3) is 0.318. The monoisotopic (exact) mass is 412 g/mol. The van der Waals surface area contributed by atoms with E-state index in [4.69, 9.17) is 0 Å². The first-order valence-electron chi connectivity index (χ1n) is 9.70. The minimum atomic E-state index is -1.10. The molecule has 1 aliphatic heterocycles. The highest BCUT2D eigenvalue weighted by atomic mass is 19.1. The van der Waals surface area contributed by atoms with Gasteiger partial charge in [0.1, 0.15) is 11.4 Å². The molecule has 2 aromatic carbocycles. The number of hydrazine groups is 1. The lowest BCUT2D eigenvalue weighted by molar-refractivity contribution is -0.139. The van der Waals surface area contributed by atoms with Crippen LogP contribution in [-0.2, 0) is 22.6 Å². The normalized spacial score (nSPS) is 18.6. The molecule has 2 aromatic rings. The molecule has 1 fully saturated rings. The van der Waals surface area contributed by atoms with Gasteiger partial charge in [0.25, 0.3) is 11.8 Å². The van der Waals surface area contributed by atoms with Gasteiger partial charge in [-0.05, 0) is 38.4 Å². The molecule has 1 aliphatic rings. The van der Waals surface area contributed by atoms with Gasteiger partial charge in [0.05, 0.1) is 6.54 Å². The van der Waals surface area contributed by atoms with Crippen LogP contribution in [0.15, 0.2) is 54.6 Å². The molecular formula is C22H25FN4O3. The number of nitrogens with one attached hydrogen (secondary N) is 2. The highest BCUT2D eigenvalue weighted by Crippen LogP contribution is 2.22. The summed E-state index contributed by atoms with van der Waals surface area (Å²) in [5.74, 6) is -1.40. The van der Waals surface area contributed by atoms with Crippen molar-refractivity contribution in [2.45, 2.75) is 31.8 Å². The van der Waals surface area contributed by atoms with Gasteiger partial charge in [-0.3, -0.25) is 19.9 Å². The maximum absolute atomic E-state index is 13.8. The van der Waals surface area contributed by atoms with Gasteiger partial charge in [-0.1, -0.05) is 48.5 Å². The van der Waals surface area contributed by atoms with Crippen LogP contribution in [0.3, 0.4) is 0 Å². The third-order valence-corrected chi connectivity index (χ3v) is 5.07. The zero-order valence-corrected chi connectivity index (χ0v) is 17.0. The molecule has 7 nitrogen and oxygen atoms in total. The van der Waals surface area contributed by atoms with Crippen molar-refractivity contribution in [3.05, 3.63) is 71.5 Å². The molecular weight excluding hydrogens is 387 g/mol. The van der Waals surface area contributed by atoms with E-state index in [0.717, 1.165) is 10.6 Å². The predicted octanol–water partition coefficient (Wildman–Crippen LogP) is 2.23. The lowest BCUT2D eigenvalue weighted by Gasteiger charge is -2.22. The first-order chi connectivity index (χ1) is 14.3. The molecule has 0 spiro atoms. The van der Waals surface area contributed by atoms with Gasteiger partial charge in [0.15, 0.2) is 0 Å².